The molecule has 4 heteroatoms. The highest BCUT2D eigenvalue weighted by atomic mass is 16.3. The van der Waals surface area contributed by atoms with Gasteiger partial charge >= 0.3 is 0 Å². The van der Waals surface area contributed by atoms with Crippen molar-refractivity contribution in [2.45, 2.75) is 26.8 Å². The summed E-state index contributed by atoms with van der Waals surface area (Å²) in [6.45, 7) is 5.96. The Bertz CT molecular complexity index is 617. The summed E-state index contributed by atoms with van der Waals surface area (Å²) >= 11 is 0. The first-order valence-corrected chi connectivity index (χ1v) is 6.67. The molecule has 0 saturated heterocycles. The fraction of sp³-hybridized carbons (Fsp3) is 0.312. The smallest absolute Gasteiger partial charge is 0.251 e. The number of benzene rings is 1. The van der Waals surface area contributed by atoms with Crippen LogP contribution < -0.4 is 10.6 Å². The molecule has 2 aromatic rings. The van der Waals surface area contributed by atoms with Crippen LogP contribution in [0.25, 0.3) is 0 Å². The number of aryl methyl sites for hydroxylation is 2. The van der Waals surface area contributed by atoms with Gasteiger partial charge in [0, 0.05) is 18.3 Å². The van der Waals surface area contributed by atoms with Gasteiger partial charge in [0.1, 0.15) is 11.5 Å². The minimum absolute atomic E-state index is 0.0747. The maximum atomic E-state index is 11.6. The van der Waals surface area contributed by atoms with Crippen molar-refractivity contribution in [1.29, 1.82) is 0 Å². The number of amides is 1. The lowest BCUT2D eigenvalue weighted by atomic mass is 10.1. The second-order valence-corrected chi connectivity index (χ2v) is 4.92. The Morgan fingerprint density at radius 1 is 1.20 bits per heavy atom. The third-order valence-electron chi connectivity index (χ3n) is 3.28. The van der Waals surface area contributed by atoms with Gasteiger partial charge in [0.25, 0.3) is 5.91 Å². The normalized spacial score (nSPS) is 12.0. The van der Waals surface area contributed by atoms with Crippen LogP contribution in [0.4, 0.5) is 5.69 Å². The zero-order valence-electron chi connectivity index (χ0n) is 12.3. The number of hydrogen-bond acceptors (Lipinski definition) is 3. The summed E-state index contributed by atoms with van der Waals surface area (Å²) < 4.78 is 5.61. The van der Waals surface area contributed by atoms with Crippen molar-refractivity contribution in [3.63, 3.8) is 0 Å². The predicted octanol–water partition coefficient (Wildman–Crippen LogP) is 3.43. The first kappa shape index (κ1) is 14.2. The molecule has 1 heterocycles. The van der Waals surface area contributed by atoms with Crippen molar-refractivity contribution >= 4 is 11.6 Å². The first-order chi connectivity index (χ1) is 9.51. The molecule has 1 amide bonds. The van der Waals surface area contributed by atoms with E-state index in [2.05, 4.69) is 10.6 Å². The molecule has 0 bridgehead atoms. The Balaban J connectivity index is 2.15. The van der Waals surface area contributed by atoms with Crippen LogP contribution in [0, 0.1) is 13.8 Å². The van der Waals surface area contributed by atoms with E-state index in [0.717, 1.165) is 22.8 Å². The monoisotopic (exact) mass is 272 g/mol. The van der Waals surface area contributed by atoms with Gasteiger partial charge in [0.15, 0.2) is 0 Å². The highest BCUT2D eigenvalue weighted by Gasteiger charge is 2.11. The van der Waals surface area contributed by atoms with Crippen LogP contribution in [-0.4, -0.2) is 13.0 Å². The molecular formula is C16H20N2O2. The summed E-state index contributed by atoms with van der Waals surface area (Å²) in [5.41, 5.74) is 2.69. The Kier molecular flexibility index (Phi) is 4.13. The number of anilines is 1. The molecule has 0 aliphatic rings. The summed E-state index contributed by atoms with van der Waals surface area (Å²) in [4.78, 5) is 11.6. The van der Waals surface area contributed by atoms with Crippen molar-refractivity contribution in [2.24, 2.45) is 0 Å². The van der Waals surface area contributed by atoms with Crippen LogP contribution in [-0.2, 0) is 0 Å². The second-order valence-electron chi connectivity index (χ2n) is 4.92. The summed E-state index contributed by atoms with van der Waals surface area (Å²) in [6.07, 6.45) is 0. The molecule has 0 spiro atoms. The number of hydrogen-bond donors (Lipinski definition) is 2. The molecule has 2 N–H and O–H groups in total. The second kappa shape index (κ2) is 5.82. The van der Waals surface area contributed by atoms with E-state index in [1.165, 1.54) is 0 Å². The SMILES string of the molecule is CNC(=O)c1ccc(NC(C)c2ccc(C)o2)c(C)c1. The fourth-order valence-corrected chi connectivity index (χ4v) is 2.10. The van der Waals surface area contributed by atoms with E-state index >= 15 is 0 Å². The third kappa shape index (κ3) is 3.02. The van der Waals surface area contributed by atoms with Crippen LogP contribution >= 0.6 is 0 Å². The fourth-order valence-electron chi connectivity index (χ4n) is 2.10. The molecule has 106 valence electrons. The van der Waals surface area contributed by atoms with Gasteiger partial charge in [-0.3, -0.25) is 4.79 Å². The van der Waals surface area contributed by atoms with Gasteiger partial charge in [0.2, 0.25) is 0 Å². The van der Waals surface area contributed by atoms with E-state index in [4.69, 9.17) is 4.42 Å². The van der Waals surface area contributed by atoms with Gasteiger partial charge in [-0.2, -0.15) is 0 Å². The van der Waals surface area contributed by atoms with Gasteiger partial charge in [-0.05, 0) is 56.7 Å². The highest BCUT2D eigenvalue weighted by Crippen LogP contribution is 2.24. The van der Waals surface area contributed by atoms with E-state index in [1.807, 2.05) is 51.1 Å². The van der Waals surface area contributed by atoms with Crippen molar-refractivity contribution in [3.8, 4) is 0 Å². The molecule has 0 fully saturated rings. The molecule has 1 aromatic heterocycles. The molecule has 1 atom stereocenters. The maximum Gasteiger partial charge on any atom is 0.251 e. The van der Waals surface area contributed by atoms with Crippen molar-refractivity contribution in [2.75, 3.05) is 12.4 Å². The largest absolute Gasteiger partial charge is 0.464 e. The Morgan fingerprint density at radius 2 is 1.95 bits per heavy atom. The zero-order chi connectivity index (χ0) is 14.7. The molecule has 1 unspecified atom stereocenters. The summed E-state index contributed by atoms with van der Waals surface area (Å²) in [6, 6.07) is 9.62. The molecule has 1 aromatic carbocycles. The summed E-state index contributed by atoms with van der Waals surface area (Å²) in [5, 5.41) is 6.02. The van der Waals surface area contributed by atoms with Crippen molar-refractivity contribution in [3.05, 3.63) is 53.0 Å². The highest BCUT2D eigenvalue weighted by molar-refractivity contribution is 5.94. The molecule has 0 aliphatic heterocycles. The maximum absolute atomic E-state index is 11.6. The van der Waals surface area contributed by atoms with Crippen LogP contribution in [0.2, 0.25) is 0 Å². The molecular weight excluding hydrogens is 252 g/mol. The average Bonchev–Trinajstić information content (AvgIpc) is 2.86. The lowest BCUT2D eigenvalue weighted by Gasteiger charge is -2.15. The Hall–Kier alpha value is -2.23. The van der Waals surface area contributed by atoms with E-state index in [1.54, 1.807) is 7.05 Å². The third-order valence-corrected chi connectivity index (χ3v) is 3.28. The molecule has 0 saturated carbocycles. The number of nitrogens with one attached hydrogen (secondary N) is 2. The average molecular weight is 272 g/mol. The Labute approximate surface area is 119 Å². The van der Waals surface area contributed by atoms with E-state index < -0.39 is 0 Å². The quantitative estimate of drug-likeness (QED) is 0.896. The minimum atomic E-state index is -0.0747. The van der Waals surface area contributed by atoms with Crippen LogP contribution in [0.5, 0.6) is 0 Å². The minimum Gasteiger partial charge on any atom is -0.464 e. The van der Waals surface area contributed by atoms with Crippen LogP contribution in [0.3, 0.4) is 0 Å². The number of rotatable bonds is 4. The van der Waals surface area contributed by atoms with Crippen LogP contribution in [0.15, 0.2) is 34.7 Å². The van der Waals surface area contributed by atoms with E-state index in [0.29, 0.717) is 5.56 Å². The topological polar surface area (TPSA) is 54.3 Å². The standard InChI is InChI=1S/C16H20N2O2/c1-10-9-13(16(19)17-4)6-7-14(10)18-12(3)15-8-5-11(2)20-15/h5-9,12,18H,1-4H3,(H,17,19). The Morgan fingerprint density at radius 3 is 2.50 bits per heavy atom. The van der Waals surface area contributed by atoms with E-state index in [-0.39, 0.29) is 11.9 Å². The number of furan rings is 1. The van der Waals surface area contributed by atoms with Crippen LogP contribution in [0.1, 0.15) is 40.4 Å². The van der Waals surface area contributed by atoms with Gasteiger partial charge in [-0.15, -0.1) is 0 Å². The molecule has 20 heavy (non-hydrogen) atoms. The molecule has 0 radical (unpaired) electrons. The molecule has 2 rings (SSSR count). The van der Waals surface area contributed by atoms with Crippen molar-refractivity contribution in [1.82, 2.24) is 5.32 Å². The van der Waals surface area contributed by atoms with Gasteiger partial charge in [-0.25, -0.2) is 0 Å². The van der Waals surface area contributed by atoms with Gasteiger partial charge in [0.05, 0.1) is 6.04 Å². The molecule has 0 aliphatic carbocycles. The lowest BCUT2D eigenvalue weighted by molar-refractivity contribution is 0.0963. The predicted molar refractivity (Wildman–Crippen MR) is 80.1 cm³/mol. The summed E-state index contributed by atoms with van der Waals surface area (Å²) in [7, 11) is 1.63. The zero-order valence-corrected chi connectivity index (χ0v) is 12.3. The number of carbonyl (C=O) groups is 1. The molecule has 4 nitrogen and oxygen atoms in total. The first-order valence-electron chi connectivity index (χ1n) is 6.67. The summed E-state index contributed by atoms with van der Waals surface area (Å²) in [5.74, 6) is 1.73. The van der Waals surface area contributed by atoms with Gasteiger partial charge < -0.3 is 15.1 Å². The van der Waals surface area contributed by atoms with Crippen molar-refractivity contribution < 1.29 is 9.21 Å². The van der Waals surface area contributed by atoms with E-state index in [9.17, 15) is 4.79 Å². The lowest BCUT2D eigenvalue weighted by Crippen LogP contribution is -2.18. The number of carbonyl (C=O) groups excluding carboxylic acids is 1. The van der Waals surface area contributed by atoms with Gasteiger partial charge in [-0.1, -0.05) is 0 Å².